The van der Waals surface area contributed by atoms with E-state index in [0.29, 0.717) is 6.73 Å². The zero-order valence-electron chi connectivity index (χ0n) is 3.23. The molecule has 1 fully saturated rings. The average molecular weight is 87.1 g/mol. The van der Waals surface area contributed by atoms with E-state index in [0.717, 1.165) is 0 Å². The van der Waals surface area contributed by atoms with E-state index in [-0.39, 0.29) is 12.5 Å². The normalized spacial score (nSPS) is 21.0. The number of hydrogen-bond donors (Lipinski definition) is 1. The molecule has 0 radical (unpaired) electrons. The molecule has 0 bridgehead atoms. The molecule has 0 aromatic rings. The van der Waals surface area contributed by atoms with Gasteiger partial charge in [0.25, 0.3) is 0 Å². The van der Waals surface area contributed by atoms with E-state index in [1.807, 2.05) is 0 Å². The lowest BCUT2D eigenvalue weighted by atomic mass is 10.7. The van der Waals surface area contributed by atoms with Gasteiger partial charge in [0, 0.05) is 0 Å². The summed E-state index contributed by atoms with van der Waals surface area (Å²) in [5.74, 6) is -0.0185. The fraction of sp³-hybridized carbons (Fsp3) is 0.667. The van der Waals surface area contributed by atoms with E-state index >= 15 is 0 Å². The topological polar surface area (TPSA) is 38.3 Å². The van der Waals surface area contributed by atoms with Gasteiger partial charge >= 0.3 is 0 Å². The first-order chi connectivity index (χ1) is 2.89. The Kier molecular flexibility index (Phi) is 0.759. The second-order valence-electron chi connectivity index (χ2n) is 1.09. The van der Waals surface area contributed by atoms with Gasteiger partial charge in [-0.2, -0.15) is 0 Å². The first kappa shape index (κ1) is 3.61. The van der Waals surface area contributed by atoms with Crippen LogP contribution in [0.1, 0.15) is 0 Å². The molecule has 1 saturated heterocycles. The molecule has 3 heteroatoms. The Morgan fingerprint density at radius 3 is 2.83 bits per heavy atom. The van der Waals surface area contributed by atoms with Crippen molar-refractivity contribution in [3.63, 3.8) is 0 Å². The second kappa shape index (κ2) is 1.26. The van der Waals surface area contributed by atoms with Crippen LogP contribution in [-0.4, -0.2) is 19.2 Å². The third-order valence-corrected chi connectivity index (χ3v) is 0.605. The van der Waals surface area contributed by atoms with Gasteiger partial charge in [-0.05, 0) is 0 Å². The quantitative estimate of drug-likeness (QED) is 0.415. The van der Waals surface area contributed by atoms with Crippen LogP contribution in [0.4, 0.5) is 0 Å². The molecule has 1 aliphatic rings. The lowest BCUT2D eigenvalue weighted by Crippen LogP contribution is -2.14. The van der Waals surface area contributed by atoms with Crippen molar-refractivity contribution in [3.8, 4) is 0 Å². The van der Waals surface area contributed by atoms with Crippen LogP contribution in [0, 0.1) is 0 Å². The van der Waals surface area contributed by atoms with Gasteiger partial charge in [0.2, 0.25) is 5.91 Å². The second-order valence-corrected chi connectivity index (χ2v) is 1.09. The molecule has 1 heterocycles. The highest BCUT2D eigenvalue weighted by atomic mass is 16.5. The summed E-state index contributed by atoms with van der Waals surface area (Å²) in [7, 11) is 0. The average Bonchev–Trinajstić information content (AvgIpc) is 1.86. The first-order valence-corrected chi connectivity index (χ1v) is 1.74. The number of nitrogens with one attached hydrogen (secondary N) is 1. The Hall–Kier alpha value is -0.570. The smallest absolute Gasteiger partial charge is 0.247 e. The van der Waals surface area contributed by atoms with Gasteiger partial charge in [-0.15, -0.1) is 0 Å². The molecule has 34 valence electrons. The molecule has 0 unspecified atom stereocenters. The summed E-state index contributed by atoms with van der Waals surface area (Å²) in [5.41, 5.74) is 0. The van der Waals surface area contributed by atoms with Gasteiger partial charge in [0.05, 0.1) is 0 Å². The minimum Gasteiger partial charge on any atom is -0.351 e. The van der Waals surface area contributed by atoms with E-state index in [4.69, 9.17) is 0 Å². The highest BCUT2D eigenvalue weighted by Crippen LogP contribution is 1.79. The minimum atomic E-state index is -0.0185. The van der Waals surface area contributed by atoms with Crippen molar-refractivity contribution in [1.82, 2.24) is 5.32 Å². The predicted molar refractivity (Wildman–Crippen MR) is 19.0 cm³/mol. The summed E-state index contributed by atoms with van der Waals surface area (Å²) < 4.78 is 4.60. The summed E-state index contributed by atoms with van der Waals surface area (Å²) >= 11 is 0. The van der Waals surface area contributed by atoms with Gasteiger partial charge < -0.3 is 10.1 Å². The maximum atomic E-state index is 10.0. The molecule has 0 aliphatic carbocycles. The maximum Gasteiger partial charge on any atom is 0.247 e. The standard InChI is InChI=1S/C3H5NO2/c5-3-1-6-2-4-3/h1-2H2,(H,4,5). The summed E-state index contributed by atoms with van der Waals surface area (Å²) in [5, 5.41) is 2.46. The van der Waals surface area contributed by atoms with Crippen LogP contribution >= 0.6 is 0 Å². The number of carbonyl (C=O) groups excluding carboxylic acids is 1. The van der Waals surface area contributed by atoms with E-state index in [9.17, 15) is 4.79 Å². The molecule has 1 rings (SSSR count). The van der Waals surface area contributed by atoms with Crippen LogP contribution in [0.2, 0.25) is 0 Å². The van der Waals surface area contributed by atoms with Crippen molar-refractivity contribution in [2.45, 2.75) is 0 Å². The summed E-state index contributed by atoms with van der Waals surface area (Å²) in [4.78, 5) is 10.0. The molecule has 3 nitrogen and oxygen atoms in total. The number of amides is 1. The van der Waals surface area contributed by atoms with Crippen molar-refractivity contribution in [2.24, 2.45) is 0 Å². The maximum absolute atomic E-state index is 10.0. The molecular formula is C3H5NO2. The monoisotopic (exact) mass is 87.0 g/mol. The molecule has 0 spiro atoms. The summed E-state index contributed by atoms with van der Waals surface area (Å²) in [6.07, 6.45) is 0. The Balaban J connectivity index is 2.37. The third-order valence-electron chi connectivity index (χ3n) is 0.605. The predicted octanol–water partition coefficient (Wildman–Crippen LogP) is -0.910. The molecule has 1 N–H and O–H groups in total. The largest absolute Gasteiger partial charge is 0.351 e. The first-order valence-electron chi connectivity index (χ1n) is 1.74. The molecule has 1 amide bonds. The van der Waals surface area contributed by atoms with Gasteiger partial charge in [0.15, 0.2) is 0 Å². The Labute approximate surface area is 35.3 Å². The van der Waals surface area contributed by atoms with Crippen molar-refractivity contribution in [1.29, 1.82) is 0 Å². The third kappa shape index (κ3) is 0.490. The SMILES string of the molecule is O=C1COCN1. The Bertz CT molecular complexity index is 63.2. The lowest BCUT2D eigenvalue weighted by Gasteiger charge is -1.77. The van der Waals surface area contributed by atoms with Gasteiger partial charge in [0.1, 0.15) is 13.3 Å². The zero-order valence-corrected chi connectivity index (χ0v) is 3.23. The molecule has 0 atom stereocenters. The fourth-order valence-electron chi connectivity index (χ4n) is 0.326. The zero-order chi connectivity index (χ0) is 4.41. The van der Waals surface area contributed by atoms with Crippen LogP contribution in [0.3, 0.4) is 0 Å². The molecule has 0 aromatic carbocycles. The summed E-state index contributed by atoms with van der Waals surface area (Å²) in [6.45, 7) is 0.624. The van der Waals surface area contributed by atoms with E-state index in [2.05, 4.69) is 10.1 Å². The van der Waals surface area contributed by atoms with E-state index in [1.54, 1.807) is 0 Å². The highest BCUT2D eigenvalue weighted by Gasteiger charge is 2.05. The van der Waals surface area contributed by atoms with Crippen molar-refractivity contribution in [3.05, 3.63) is 0 Å². The molecular weight excluding hydrogens is 82.0 g/mol. The van der Waals surface area contributed by atoms with Crippen LogP contribution in [-0.2, 0) is 9.53 Å². The number of rotatable bonds is 0. The number of ether oxygens (including phenoxy) is 1. The van der Waals surface area contributed by atoms with Gasteiger partial charge in [-0.3, -0.25) is 4.79 Å². The summed E-state index contributed by atoms with van der Waals surface area (Å²) in [6, 6.07) is 0. The highest BCUT2D eigenvalue weighted by molar-refractivity contribution is 5.78. The molecule has 1 aliphatic heterocycles. The Morgan fingerprint density at radius 2 is 2.67 bits per heavy atom. The van der Waals surface area contributed by atoms with Crippen LogP contribution in [0.5, 0.6) is 0 Å². The number of carbonyl (C=O) groups is 1. The van der Waals surface area contributed by atoms with E-state index in [1.165, 1.54) is 0 Å². The van der Waals surface area contributed by atoms with Crippen molar-refractivity contribution < 1.29 is 9.53 Å². The lowest BCUT2D eigenvalue weighted by molar-refractivity contribution is -0.119. The minimum absolute atomic E-state index is 0.0185. The van der Waals surface area contributed by atoms with Gasteiger partial charge in [-0.25, -0.2) is 0 Å². The van der Waals surface area contributed by atoms with Crippen molar-refractivity contribution in [2.75, 3.05) is 13.3 Å². The van der Waals surface area contributed by atoms with Crippen molar-refractivity contribution >= 4 is 5.91 Å². The van der Waals surface area contributed by atoms with Crippen LogP contribution < -0.4 is 5.32 Å². The Morgan fingerprint density at radius 1 is 1.83 bits per heavy atom. The van der Waals surface area contributed by atoms with Crippen LogP contribution in [0.15, 0.2) is 0 Å². The molecule has 0 aromatic heterocycles. The van der Waals surface area contributed by atoms with Crippen LogP contribution in [0.25, 0.3) is 0 Å². The molecule has 6 heavy (non-hydrogen) atoms. The van der Waals surface area contributed by atoms with Gasteiger partial charge in [-0.1, -0.05) is 0 Å². The fourth-order valence-corrected chi connectivity index (χ4v) is 0.326. The van der Waals surface area contributed by atoms with E-state index < -0.39 is 0 Å². The molecule has 0 saturated carbocycles. The number of hydrogen-bond acceptors (Lipinski definition) is 2.